The fourth-order valence-corrected chi connectivity index (χ4v) is 12.1. The largest absolute Gasteiger partial charge is 0.507 e. The predicted molar refractivity (Wildman–Crippen MR) is 526 cm³/mol. The van der Waals surface area contributed by atoms with Crippen LogP contribution in [0.3, 0.4) is 0 Å². The van der Waals surface area contributed by atoms with E-state index in [1.165, 1.54) is 43.3 Å². The normalized spacial score (nSPS) is 10.5. The highest BCUT2D eigenvalue weighted by molar-refractivity contribution is 7.98. The van der Waals surface area contributed by atoms with Crippen molar-refractivity contribution in [3.8, 4) is 68.8 Å². The lowest BCUT2D eigenvalue weighted by Crippen LogP contribution is -2.38. The molecule has 0 radical (unpaired) electrons. The Morgan fingerprint density at radius 1 is 0.453 bits per heavy atom. The highest BCUT2D eigenvalue weighted by atomic mass is 32.2. The number of ketones is 1. The first kappa shape index (κ1) is 115. The lowest BCUT2D eigenvalue weighted by Gasteiger charge is -2.23. The number of aromatic amines is 2. The molecule has 0 fully saturated rings. The summed E-state index contributed by atoms with van der Waals surface area (Å²) in [6.45, 7) is 38.3. The summed E-state index contributed by atoms with van der Waals surface area (Å²) in [6, 6.07) is 60.0. The number of hydrogen-bond acceptors (Lipinski definition) is 26. The fraction of sp³-hybridized carbons (Fsp3) is 0.279. The van der Waals surface area contributed by atoms with Crippen molar-refractivity contribution in [3.05, 3.63) is 323 Å². The smallest absolute Gasteiger partial charge is 0.439 e. The predicted octanol–water partition coefficient (Wildman–Crippen LogP) is 19.2. The van der Waals surface area contributed by atoms with Crippen LogP contribution in [-0.2, 0) is 41.7 Å². The Hall–Kier alpha value is -16.2. The van der Waals surface area contributed by atoms with Crippen molar-refractivity contribution in [2.24, 2.45) is 4.99 Å². The zero-order chi connectivity index (χ0) is 104. The Balaban J connectivity index is 0.000000323. The number of aliphatic imine (C=N–C) groups is 1. The summed E-state index contributed by atoms with van der Waals surface area (Å²) >= 11 is 1.46. The van der Waals surface area contributed by atoms with E-state index in [0.717, 1.165) is 83.0 Å². The van der Waals surface area contributed by atoms with Gasteiger partial charge in [0.2, 0.25) is 11.7 Å². The molecule has 0 aliphatic carbocycles. The van der Waals surface area contributed by atoms with E-state index in [2.05, 4.69) is 41.9 Å². The van der Waals surface area contributed by atoms with Gasteiger partial charge in [-0.2, -0.15) is 15.1 Å². The lowest BCUT2D eigenvalue weighted by molar-refractivity contribution is -0.152. The number of amidine groups is 1. The Morgan fingerprint density at radius 2 is 0.878 bits per heavy atom. The quantitative estimate of drug-likeness (QED) is 0.0147. The molecular weight excluding hydrogens is 1810 g/mol. The third-order valence-corrected chi connectivity index (χ3v) is 19.2. The third kappa shape index (κ3) is 42.5. The minimum Gasteiger partial charge on any atom is -0.507 e. The molecule has 11 N–H and O–H groups in total. The van der Waals surface area contributed by atoms with Crippen LogP contribution in [0.4, 0.5) is 0 Å². The van der Waals surface area contributed by atoms with Crippen LogP contribution in [-0.4, -0.2) is 166 Å². The van der Waals surface area contributed by atoms with E-state index in [9.17, 15) is 47.9 Å². The highest BCUT2D eigenvalue weighted by Gasteiger charge is 2.31. The van der Waals surface area contributed by atoms with Crippen molar-refractivity contribution in [2.75, 3.05) is 45.9 Å². The summed E-state index contributed by atoms with van der Waals surface area (Å²) in [5.74, 6) is -2.34. The number of aromatic nitrogens is 4. The molecule has 0 bridgehead atoms. The topological polar surface area (TPSA) is 514 Å². The van der Waals surface area contributed by atoms with Crippen LogP contribution in [0, 0.1) is 69.2 Å². The molecule has 2 aromatic heterocycles. The number of hydroxylamine groups is 1. The number of hydrogen-bond donors (Lipinski definition) is 11. The Morgan fingerprint density at radius 3 is 1.32 bits per heavy atom. The third-order valence-electron chi connectivity index (χ3n) is 18.5. The summed E-state index contributed by atoms with van der Waals surface area (Å²) in [5.41, 5.74) is 16.4. The molecule has 139 heavy (non-hydrogen) atoms. The van der Waals surface area contributed by atoms with E-state index in [1.54, 1.807) is 67.6 Å². The fourth-order valence-electron chi connectivity index (χ4n) is 11.4. The number of carbonyl (C=O) groups is 8. The second kappa shape index (κ2) is 59.5. The molecule has 34 nitrogen and oxygen atoms in total. The number of carboxylic acids is 7. The maximum atomic E-state index is 11.1. The van der Waals surface area contributed by atoms with Crippen LogP contribution < -0.4 is 50.1 Å². The highest BCUT2D eigenvalue weighted by Crippen LogP contribution is 2.34. The maximum Gasteiger partial charge on any atom is 0.439 e. The summed E-state index contributed by atoms with van der Waals surface area (Å²) in [4.78, 5) is 122. The van der Waals surface area contributed by atoms with Gasteiger partial charge in [0.1, 0.15) is 28.6 Å². The van der Waals surface area contributed by atoms with E-state index < -0.39 is 64.6 Å². The van der Waals surface area contributed by atoms with Gasteiger partial charge in [0, 0.05) is 34.4 Å². The van der Waals surface area contributed by atoms with Gasteiger partial charge in [-0.25, -0.2) is 39.0 Å². The molecule has 1 aliphatic rings. The lowest BCUT2D eigenvalue weighted by atomic mass is 10.1. The molecule has 0 spiro atoms. The average Bonchev–Trinajstić information content (AvgIpc) is 1.34. The zero-order valence-electron chi connectivity index (χ0n) is 80.8. The van der Waals surface area contributed by atoms with Gasteiger partial charge in [-0.15, -0.1) is 11.8 Å². The molecule has 12 aromatic rings. The second-order valence-electron chi connectivity index (χ2n) is 30.7. The second-order valence-corrected chi connectivity index (χ2v) is 31.5. The summed E-state index contributed by atoms with van der Waals surface area (Å²) in [7, 11) is 0. The first-order valence-electron chi connectivity index (χ1n) is 43.4. The van der Waals surface area contributed by atoms with Gasteiger partial charge in [0.05, 0.1) is 62.8 Å². The molecular formula is C104H120N6O28S. The number of rotatable bonds is 30. The SMILES string of the molecule is C=C1N=C(c2ccc(C)cc2)NO1.CCOc1cc(C)ccc1-c1noc(=O)[nH]1.CCOc1cc(C)ccc1CC(=O)C(=O)O.CCOc1cc(C)ccc1CCC(=O)O.CCOc1cc(C)ccc1OC(C)(C)C(=O)O.CCOc1cc(C)ccc1OCCC(=O)O.CSc1cc(C)ccc1C(=O)O.Cc1ccc(-c2nc(=O)[nH]o2)cc1.Cc1ccc(C(=O)O)c(O)c1.Cc1ccc(C(=O)O)cc1. The molecule has 0 unspecified atom stereocenters. The average molecular weight is 1930 g/mol. The van der Waals surface area contributed by atoms with Crippen molar-refractivity contribution >= 4 is 65.2 Å². The number of thioether (sulfide) groups is 1. The number of carbonyl (C=O) groups excluding carboxylic acids is 1. The number of aromatic carboxylic acids is 3. The van der Waals surface area contributed by atoms with Crippen molar-refractivity contribution in [1.82, 2.24) is 25.8 Å². The zero-order valence-corrected chi connectivity index (χ0v) is 81.6. The van der Waals surface area contributed by atoms with Crippen LogP contribution in [0.5, 0.6) is 46.0 Å². The molecule has 10 aromatic carbocycles. The molecule has 1 aliphatic heterocycles. The number of nitrogens with one attached hydrogen (secondary N) is 3. The van der Waals surface area contributed by atoms with Crippen LogP contribution in [0.25, 0.3) is 22.8 Å². The summed E-state index contributed by atoms with van der Waals surface area (Å²) in [5, 5.41) is 75.2. The Labute approximate surface area is 809 Å². The first-order valence-corrected chi connectivity index (χ1v) is 44.6. The number of carboxylic acid groups (broad SMARTS) is 7. The van der Waals surface area contributed by atoms with Gasteiger partial charge in [0.15, 0.2) is 40.3 Å². The monoisotopic (exact) mass is 1930 g/mol. The van der Waals surface area contributed by atoms with Gasteiger partial charge in [-0.1, -0.05) is 125 Å². The number of nitrogens with zero attached hydrogens (tertiary/aromatic N) is 3. The van der Waals surface area contributed by atoms with Crippen molar-refractivity contribution < 1.29 is 126 Å². The van der Waals surface area contributed by atoms with Gasteiger partial charge in [-0.05, 0) is 279 Å². The van der Waals surface area contributed by atoms with Gasteiger partial charge >= 0.3 is 53.2 Å². The van der Waals surface area contributed by atoms with Crippen LogP contribution in [0.2, 0.25) is 0 Å². The van der Waals surface area contributed by atoms with Crippen molar-refractivity contribution in [3.63, 3.8) is 0 Å². The van der Waals surface area contributed by atoms with Crippen molar-refractivity contribution in [1.29, 1.82) is 0 Å². The van der Waals surface area contributed by atoms with Crippen LogP contribution >= 0.6 is 11.8 Å². The molecule has 3 heterocycles. The molecule has 0 atom stereocenters. The maximum absolute atomic E-state index is 11.1. The number of benzene rings is 10. The minimum absolute atomic E-state index is 0.0144. The van der Waals surface area contributed by atoms with E-state index in [1.807, 2.05) is 231 Å². The standard InChI is InChI=1S/C13H18O4.C12H14O4.C12H16O4.C12H16O3.C11H12N2O3.C10H10N2O.C9H8N2O2.C9H10O2S.C8H8O3.C8H8O2/c1-5-16-11-8-9(2)6-7-10(11)17-13(3,4)12(14)15;1-3-16-11-6-8(2)4-5-9(11)7-10(13)12(14)15;1-3-15-11-8-9(2)4-5-10(11)16-7-6-12(13)14;1-3-15-11-8-9(2)4-5-10(11)6-7-12(13)14;1-3-15-9-6-7(2)4-5-8(9)10-12-11(14)16-13-10;1-7-3-5-9(6-4-7)10-11-8(2)13-12-10;1-6-2-4-7(5-3-6)8-10-9(12)11-13-8;1-6-3-4-7(9(10)11)8(5-6)12-2;1-5-2-3-6(8(10)11)7(9)4-5;1-6-2-4-7(5-3-6)8(9)10/h6-8H,5H2,1-4H3,(H,14,15);4-6H,3,7H2,1-2H3,(H,14,15);4-5,8H,3,6-7H2,1-2H3,(H,13,14);4-5,8H,3,6-7H2,1-2H3,(H,13,14);4-6H,3H2,1-2H3,(H,12,13,14);3-6H,2H2,1H3,(H,11,12);2-5H,1H3,(H,11,12);3-5H,1-2H3,(H,10,11);2-4,9H,1H3,(H,10,11);2-5H,1H3,(H,9,10). The number of aryl methyl sites for hydroxylation is 11. The Bertz CT molecular complexity index is 6200. The van der Waals surface area contributed by atoms with Crippen LogP contribution in [0.1, 0.15) is 165 Å². The number of phenols is 1. The van der Waals surface area contributed by atoms with E-state index in [4.69, 9.17) is 83.4 Å². The van der Waals surface area contributed by atoms with Gasteiger partial charge < -0.3 is 83.4 Å². The van der Waals surface area contributed by atoms with Crippen LogP contribution in [0.15, 0.2) is 241 Å². The first-order chi connectivity index (χ1) is 65.8. The molecule has 0 saturated carbocycles. The molecule has 35 heteroatoms. The minimum atomic E-state index is -1.41. The van der Waals surface area contributed by atoms with Crippen molar-refractivity contribution in [2.45, 2.75) is 154 Å². The molecule has 0 saturated heterocycles. The molecule has 0 amide bonds. The van der Waals surface area contributed by atoms with E-state index >= 15 is 0 Å². The Kier molecular flexibility index (Phi) is 49.3. The van der Waals surface area contributed by atoms with E-state index in [0.29, 0.717) is 114 Å². The van der Waals surface area contributed by atoms with E-state index in [-0.39, 0.29) is 37.2 Å². The number of H-pyrrole nitrogens is 2. The number of aliphatic carboxylic acids is 4. The molecule has 740 valence electrons. The number of Topliss-reactive ketones (excluding diaryl/α,β-unsaturated/α-hetero) is 1. The van der Waals surface area contributed by atoms with Gasteiger partial charge in [0.25, 0.3) is 5.89 Å². The summed E-state index contributed by atoms with van der Waals surface area (Å²) < 4.78 is 47.3. The summed E-state index contributed by atoms with van der Waals surface area (Å²) in [6.07, 6.45) is 2.39. The molecule has 13 rings (SSSR count). The van der Waals surface area contributed by atoms with Gasteiger partial charge in [-0.3, -0.25) is 23.9 Å². The number of ether oxygens (including phenoxy) is 7. The number of aromatic hydroxyl groups is 1.